The van der Waals surface area contributed by atoms with Crippen LogP contribution in [0, 0.1) is 16.7 Å². The van der Waals surface area contributed by atoms with Crippen LogP contribution in [0.1, 0.15) is 45.2 Å². The molecule has 0 spiro atoms. The molecule has 1 aliphatic carbocycles. The molecule has 0 radical (unpaired) electrons. The van der Waals surface area contributed by atoms with Gasteiger partial charge in [0.1, 0.15) is 0 Å². The highest BCUT2D eigenvalue weighted by atomic mass is 16.5. The molecule has 2 rings (SSSR count). The third-order valence-electron chi connectivity index (χ3n) is 4.45. The van der Waals surface area contributed by atoms with E-state index >= 15 is 0 Å². The highest BCUT2D eigenvalue weighted by Gasteiger charge is 2.49. The Balaban J connectivity index is 2.02. The van der Waals surface area contributed by atoms with E-state index in [1.807, 2.05) is 25.1 Å². The Kier molecular flexibility index (Phi) is 4.80. The number of nitrogens with one attached hydrogen (secondary N) is 1. The van der Waals surface area contributed by atoms with Crippen LogP contribution in [0.15, 0.2) is 30.3 Å². The van der Waals surface area contributed by atoms with Crippen LogP contribution in [0.2, 0.25) is 0 Å². The molecular formula is C17H24N2O. The van der Waals surface area contributed by atoms with Gasteiger partial charge in [0.2, 0.25) is 0 Å². The third kappa shape index (κ3) is 3.03. The molecule has 3 heteroatoms. The van der Waals surface area contributed by atoms with Crippen molar-refractivity contribution in [1.29, 1.82) is 5.26 Å². The van der Waals surface area contributed by atoms with Crippen LogP contribution in [-0.2, 0) is 4.74 Å². The van der Waals surface area contributed by atoms with Gasteiger partial charge in [0.05, 0.1) is 18.6 Å². The van der Waals surface area contributed by atoms with Gasteiger partial charge in [-0.2, -0.15) is 5.26 Å². The lowest BCUT2D eigenvalue weighted by Gasteiger charge is -2.52. The van der Waals surface area contributed by atoms with Gasteiger partial charge in [-0.15, -0.1) is 0 Å². The van der Waals surface area contributed by atoms with E-state index < -0.39 is 0 Å². The molecule has 0 amide bonds. The van der Waals surface area contributed by atoms with Crippen LogP contribution in [0.5, 0.6) is 0 Å². The zero-order valence-corrected chi connectivity index (χ0v) is 12.6. The van der Waals surface area contributed by atoms with Gasteiger partial charge in [-0.05, 0) is 18.9 Å². The number of rotatable bonds is 6. The van der Waals surface area contributed by atoms with Crippen molar-refractivity contribution >= 4 is 0 Å². The molecular weight excluding hydrogens is 248 g/mol. The molecule has 1 N–H and O–H groups in total. The van der Waals surface area contributed by atoms with Crippen LogP contribution in [-0.4, -0.2) is 18.8 Å². The lowest BCUT2D eigenvalue weighted by atomic mass is 9.64. The average molecular weight is 272 g/mol. The van der Waals surface area contributed by atoms with Crippen molar-refractivity contribution < 1.29 is 4.74 Å². The van der Waals surface area contributed by atoms with Gasteiger partial charge < -0.3 is 10.1 Å². The van der Waals surface area contributed by atoms with Gasteiger partial charge in [0, 0.05) is 24.1 Å². The van der Waals surface area contributed by atoms with Gasteiger partial charge in [-0.25, -0.2) is 0 Å². The Morgan fingerprint density at radius 1 is 1.40 bits per heavy atom. The molecule has 1 aromatic rings. The zero-order chi connectivity index (χ0) is 14.6. The summed E-state index contributed by atoms with van der Waals surface area (Å²) in [6.45, 7) is 7.28. The normalized spacial score (nSPS) is 25.5. The molecule has 0 bridgehead atoms. The van der Waals surface area contributed by atoms with Crippen LogP contribution >= 0.6 is 0 Å². The Hall–Kier alpha value is -1.37. The van der Waals surface area contributed by atoms with E-state index in [-0.39, 0.29) is 11.5 Å². The first-order chi connectivity index (χ1) is 9.59. The average Bonchev–Trinajstić information content (AvgIpc) is 2.46. The topological polar surface area (TPSA) is 45.0 Å². The second kappa shape index (κ2) is 6.39. The van der Waals surface area contributed by atoms with Gasteiger partial charge in [-0.1, -0.05) is 44.2 Å². The summed E-state index contributed by atoms with van der Waals surface area (Å²) in [5.41, 5.74) is 1.31. The summed E-state index contributed by atoms with van der Waals surface area (Å²) in [6, 6.07) is 13.0. The van der Waals surface area contributed by atoms with Gasteiger partial charge in [0.25, 0.3) is 0 Å². The monoisotopic (exact) mass is 272 g/mol. The van der Waals surface area contributed by atoms with E-state index in [0.717, 1.165) is 13.0 Å². The SMILES string of the molecule is CCOC1CC(NC(CC#N)c2ccccc2)C1(C)C. The largest absolute Gasteiger partial charge is 0.378 e. The minimum Gasteiger partial charge on any atom is -0.378 e. The van der Waals surface area contributed by atoms with Gasteiger partial charge in [0.15, 0.2) is 0 Å². The Labute approximate surface area is 121 Å². The summed E-state index contributed by atoms with van der Waals surface area (Å²) in [7, 11) is 0. The molecule has 0 heterocycles. The third-order valence-corrected chi connectivity index (χ3v) is 4.45. The molecule has 1 saturated carbocycles. The maximum Gasteiger partial charge on any atom is 0.0655 e. The number of hydrogen-bond donors (Lipinski definition) is 1. The van der Waals surface area contributed by atoms with Crippen LogP contribution in [0.4, 0.5) is 0 Å². The highest BCUT2D eigenvalue weighted by Crippen LogP contribution is 2.43. The van der Waals surface area contributed by atoms with Gasteiger partial charge >= 0.3 is 0 Å². The highest BCUT2D eigenvalue weighted by molar-refractivity contribution is 5.21. The maximum atomic E-state index is 9.05. The minimum absolute atomic E-state index is 0.105. The van der Waals surface area contributed by atoms with E-state index in [1.54, 1.807) is 0 Å². The molecule has 3 atom stereocenters. The molecule has 0 aromatic heterocycles. The van der Waals surface area contributed by atoms with Crippen molar-refractivity contribution in [3.63, 3.8) is 0 Å². The molecule has 108 valence electrons. The molecule has 3 nitrogen and oxygen atoms in total. The quantitative estimate of drug-likeness (QED) is 0.863. The fourth-order valence-electron chi connectivity index (χ4n) is 2.94. The first-order valence-corrected chi connectivity index (χ1v) is 7.39. The summed E-state index contributed by atoms with van der Waals surface area (Å²) >= 11 is 0. The fraction of sp³-hybridized carbons (Fsp3) is 0.588. The van der Waals surface area contributed by atoms with Crippen LogP contribution in [0.3, 0.4) is 0 Å². The number of nitriles is 1. The number of ether oxygens (including phenoxy) is 1. The van der Waals surface area contributed by atoms with E-state index in [2.05, 4.69) is 37.4 Å². The number of nitrogens with zero attached hydrogens (tertiary/aromatic N) is 1. The molecule has 1 aromatic carbocycles. The summed E-state index contributed by atoms with van der Waals surface area (Å²) in [4.78, 5) is 0. The Morgan fingerprint density at radius 2 is 2.10 bits per heavy atom. The smallest absolute Gasteiger partial charge is 0.0655 e. The van der Waals surface area contributed by atoms with Crippen molar-refractivity contribution in [2.75, 3.05) is 6.61 Å². The minimum atomic E-state index is 0.105. The molecule has 3 unspecified atom stereocenters. The first kappa shape index (κ1) is 15.0. The second-order valence-electron chi connectivity index (χ2n) is 6.05. The standard InChI is InChI=1S/C17H24N2O/c1-4-20-16-12-15(17(16,2)3)19-14(10-11-18)13-8-6-5-7-9-13/h5-9,14-16,19H,4,10,12H2,1-3H3. The summed E-state index contributed by atoms with van der Waals surface area (Å²) in [6.07, 6.45) is 1.84. The van der Waals surface area contributed by atoms with E-state index in [4.69, 9.17) is 10.00 Å². The van der Waals surface area contributed by atoms with Crippen molar-refractivity contribution in [3.8, 4) is 6.07 Å². The maximum absolute atomic E-state index is 9.05. The summed E-state index contributed by atoms with van der Waals surface area (Å²) < 4.78 is 5.77. The van der Waals surface area contributed by atoms with Crippen molar-refractivity contribution in [2.45, 2.75) is 51.8 Å². The first-order valence-electron chi connectivity index (χ1n) is 7.39. The van der Waals surface area contributed by atoms with E-state index in [9.17, 15) is 0 Å². The van der Waals surface area contributed by atoms with E-state index in [0.29, 0.717) is 18.6 Å². The number of hydrogen-bond acceptors (Lipinski definition) is 3. The van der Waals surface area contributed by atoms with Crippen LogP contribution < -0.4 is 5.32 Å². The predicted molar refractivity (Wildman–Crippen MR) is 80.1 cm³/mol. The Bertz CT molecular complexity index is 464. The Morgan fingerprint density at radius 3 is 2.65 bits per heavy atom. The second-order valence-corrected chi connectivity index (χ2v) is 6.05. The van der Waals surface area contributed by atoms with Crippen molar-refractivity contribution in [3.05, 3.63) is 35.9 Å². The lowest BCUT2D eigenvalue weighted by Crippen LogP contribution is -2.61. The molecule has 0 saturated heterocycles. The predicted octanol–water partition coefficient (Wildman–Crippen LogP) is 3.43. The lowest BCUT2D eigenvalue weighted by molar-refractivity contribution is -0.116. The zero-order valence-electron chi connectivity index (χ0n) is 12.6. The fourth-order valence-corrected chi connectivity index (χ4v) is 2.94. The summed E-state index contributed by atoms with van der Waals surface area (Å²) in [5.74, 6) is 0. The summed E-state index contributed by atoms with van der Waals surface area (Å²) in [5, 5.41) is 12.7. The molecule has 0 aliphatic heterocycles. The molecule has 1 aliphatic rings. The van der Waals surface area contributed by atoms with E-state index in [1.165, 1.54) is 5.56 Å². The van der Waals surface area contributed by atoms with Crippen LogP contribution in [0.25, 0.3) is 0 Å². The molecule has 20 heavy (non-hydrogen) atoms. The van der Waals surface area contributed by atoms with Gasteiger partial charge in [-0.3, -0.25) is 0 Å². The van der Waals surface area contributed by atoms with Crippen molar-refractivity contribution in [2.24, 2.45) is 5.41 Å². The van der Waals surface area contributed by atoms with Crippen molar-refractivity contribution in [1.82, 2.24) is 5.32 Å². The molecule has 1 fully saturated rings. The number of benzene rings is 1.